The summed E-state index contributed by atoms with van der Waals surface area (Å²) in [6.45, 7) is 4.63. The summed E-state index contributed by atoms with van der Waals surface area (Å²) in [5.74, 6) is 1.84. The number of benzene rings is 2. The van der Waals surface area contributed by atoms with Gasteiger partial charge >= 0.3 is 0 Å². The molecule has 7 heteroatoms. The molecule has 156 valence electrons. The fourth-order valence-corrected chi connectivity index (χ4v) is 3.80. The third kappa shape index (κ3) is 5.34. The third-order valence-corrected chi connectivity index (χ3v) is 5.50. The predicted molar refractivity (Wildman–Crippen MR) is 117 cm³/mol. The van der Waals surface area contributed by atoms with E-state index in [0.717, 1.165) is 24.3 Å². The maximum Gasteiger partial charge on any atom is 0.193 e. The number of methoxy groups -OCH3 is 1. The van der Waals surface area contributed by atoms with E-state index in [0.29, 0.717) is 43.1 Å². The second-order valence-electron chi connectivity index (χ2n) is 7.03. The number of hydrogen-bond acceptors (Lipinski definition) is 4. The Kier molecular flexibility index (Phi) is 7.23. The van der Waals surface area contributed by atoms with E-state index in [1.807, 2.05) is 25.1 Å². The molecule has 29 heavy (non-hydrogen) atoms. The topological polar surface area (TPSA) is 78.1 Å². The van der Waals surface area contributed by atoms with Crippen LogP contribution < -0.4 is 20.5 Å². The Balaban J connectivity index is 1.75. The van der Waals surface area contributed by atoms with E-state index in [9.17, 15) is 0 Å². The van der Waals surface area contributed by atoms with Gasteiger partial charge in [0.25, 0.3) is 0 Å². The smallest absolute Gasteiger partial charge is 0.193 e. The molecule has 2 aromatic rings. The highest BCUT2D eigenvalue weighted by atomic mass is 35.5. The Morgan fingerprint density at radius 2 is 1.93 bits per heavy atom. The van der Waals surface area contributed by atoms with Gasteiger partial charge in [-0.25, -0.2) is 0 Å². The quantitative estimate of drug-likeness (QED) is 0.520. The second kappa shape index (κ2) is 9.85. The lowest BCUT2D eigenvalue weighted by molar-refractivity contribution is 0.0531. The van der Waals surface area contributed by atoms with Crippen molar-refractivity contribution in [2.75, 3.05) is 38.8 Å². The van der Waals surface area contributed by atoms with Crippen molar-refractivity contribution < 1.29 is 14.2 Å². The maximum absolute atomic E-state index is 6.18. The van der Waals surface area contributed by atoms with Crippen molar-refractivity contribution in [2.24, 2.45) is 10.7 Å². The van der Waals surface area contributed by atoms with Crippen LogP contribution >= 0.6 is 11.6 Å². The first-order valence-corrected chi connectivity index (χ1v) is 10.2. The molecule has 0 amide bonds. The zero-order chi connectivity index (χ0) is 20.7. The molecule has 0 saturated carbocycles. The number of nitrogens with two attached hydrogens (primary N) is 1. The molecule has 0 aliphatic carbocycles. The average molecular weight is 418 g/mol. The van der Waals surface area contributed by atoms with Crippen LogP contribution in [0.4, 0.5) is 5.69 Å². The highest BCUT2D eigenvalue weighted by molar-refractivity contribution is 6.32. The second-order valence-corrected chi connectivity index (χ2v) is 7.43. The molecule has 0 atom stereocenters. The molecule has 1 aliphatic heterocycles. The number of hydrogen-bond donors (Lipinski definition) is 2. The van der Waals surface area contributed by atoms with Crippen molar-refractivity contribution in [3.8, 4) is 11.5 Å². The summed E-state index contributed by atoms with van der Waals surface area (Å²) < 4.78 is 16.3. The van der Waals surface area contributed by atoms with Crippen LogP contribution in [0.3, 0.4) is 0 Å². The zero-order valence-electron chi connectivity index (χ0n) is 16.9. The third-order valence-electron chi connectivity index (χ3n) is 5.20. The molecule has 1 fully saturated rings. The summed E-state index contributed by atoms with van der Waals surface area (Å²) >= 11 is 6.18. The molecule has 0 spiro atoms. The van der Waals surface area contributed by atoms with E-state index in [-0.39, 0.29) is 5.41 Å². The summed E-state index contributed by atoms with van der Waals surface area (Å²) in [7, 11) is 1.58. The van der Waals surface area contributed by atoms with Gasteiger partial charge in [-0.05, 0) is 55.7 Å². The lowest BCUT2D eigenvalue weighted by Gasteiger charge is -2.36. The van der Waals surface area contributed by atoms with Crippen LogP contribution in [0.5, 0.6) is 11.5 Å². The minimum Gasteiger partial charge on any atom is -0.495 e. The van der Waals surface area contributed by atoms with Gasteiger partial charge in [-0.1, -0.05) is 23.7 Å². The molecule has 0 bridgehead atoms. The van der Waals surface area contributed by atoms with E-state index < -0.39 is 0 Å². The van der Waals surface area contributed by atoms with Gasteiger partial charge in [0.2, 0.25) is 0 Å². The molecular weight excluding hydrogens is 390 g/mol. The number of rotatable bonds is 7. The minimum absolute atomic E-state index is 0.104. The number of nitrogens with zero attached hydrogens (tertiary/aromatic N) is 1. The van der Waals surface area contributed by atoms with Crippen molar-refractivity contribution in [2.45, 2.75) is 25.2 Å². The first-order chi connectivity index (χ1) is 14.1. The van der Waals surface area contributed by atoms with Gasteiger partial charge in [0.15, 0.2) is 5.96 Å². The highest BCUT2D eigenvalue weighted by Gasteiger charge is 2.34. The number of guanidine groups is 1. The minimum atomic E-state index is -0.104. The zero-order valence-corrected chi connectivity index (χ0v) is 17.7. The van der Waals surface area contributed by atoms with Crippen molar-refractivity contribution in [3.63, 3.8) is 0 Å². The fourth-order valence-electron chi connectivity index (χ4n) is 3.54. The monoisotopic (exact) mass is 417 g/mol. The summed E-state index contributed by atoms with van der Waals surface area (Å²) in [6, 6.07) is 13.7. The SMILES string of the molecule is CCOc1ccc(C2(CN=C(N)Nc3ccc(OC)c(Cl)c3)CCOCC2)cc1. The van der Waals surface area contributed by atoms with Crippen LogP contribution in [0, 0.1) is 0 Å². The molecule has 2 aromatic carbocycles. The van der Waals surface area contributed by atoms with E-state index >= 15 is 0 Å². The van der Waals surface area contributed by atoms with Crippen LogP contribution in [0.25, 0.3) is 0 Å². The van der Waals surface area contributed by atoms with Gasteiger partial charge in [-0.15, -0.1) is 0 Å². The number of anilines is 1. The molecular formula is C22H28ClN3O3. The van der Waals surface area contributed by atoms with E-state index in [2.05, 4.69) is 22.4 Å². The lowest BCUT2D eigenvalue weighted by Crippen LogP contribution is -2.38. The molecule has 3 N–H and O–H groups in total. The van der Waals surface area contributed by atoms with E-state index in [1.165, 1.54) is 5.56 Å². The van der Waals surface area contributed by atoms with Gasteiger partial charge < -0.3 is 25.3 Å². The number of halogens is 1. The maximum atomic E-state index is 6.18. The fraction of sp³-hybridized carbons (Fsp3) is 0.409. The normalized spacial score (nSPS) is 16.3. The number of aliphatic imine (C=N–C) groups is 1. The molecule has 0 unspecified atom stereocenters. The molecule has 0 radical (unpaired) electrons. The van der Waals surface area contributed by atoms with Crippen LogP contribution in [0.15, 0.2) is 47.5 Å². The van der Waals surface area contributed by atoms with Crippen molar-refractivity contribution >= 4 is 23.2 Å². The standard InChI is InChI=1S/C22H28ClN3O3/c1-3-29-18-7-4-16(5-8-18)22(10-12-28-13-11-22)15-25-21(24)26-17-6-9-20(27-2)19(23)14-17/h4-9,14H,3,10-13,15H2,1-2H3,(H3,24,25,26). The highest BCUT2D eigenvalue weighted by Crippen LogP contribution is 2.36. The Morgan fingerprint density at radius 3 is 2.55 bits per heavy atom. The Bertz CT molecular complexity index is 834. The molecule has 1 heterocycles. The van der Waals surface area contributed by atoms with Crippen LogP contribution in [0.1, 0.15) is 25.3 Å². The molecule has 3 rings (SSSR count). The van der Waals surface area contributed by atoms with Crippen LogP contribution in [0.2, 0.25) is 5.02 Å². The largest absolute Gasteiger partial charge is 0.495 e. The number of nitrogens with one attached hydrogen (secondary N) is 1. The molecule has 0 aromatic heterocycles. The van der Waals surface area contributed by atoms with Crippen LogP contribution in [-0.4, -0.2) is 39.4 Å². The first kappa shape index (κ1) is 21.3. The van der Waals surface area contributed by atoms with Gasteiger partial charge in [0.05, 0.1) is 25.3 Å². The van der Waals surface area contributed by atoms with Gasteiger partial charge in [-0.2, -0.15) is 0 Å². The van der Waals surface area contributed by atoms with Crippen molar-refractivity contribution in [1.29, 1.82) is 0 Å². The van der Waals surface area contributed by atoms with Gasteiger partial charge in [-0.3, -0.25) is 4.99 Å². The molecule has 1 saturated heterocycles. The summed E-state index contributed by atoms with van der Waals surface area (Å²) in [5, 5.41) is 3.62. The average Bonchev–Trinajstić information content (AvgIpc) is 2.74. The first-order valence-electron chi connectivity index (χ1n) is 9.78. The lowest BCUT2D eigenvalue weighted by atomic mass is 9.74. The summed E-state index contributed by atoms with van der Waals surface area (Å²) in [6.07, 6.45) is 1.79. The number of ether oxygens (including phenoxy) is 3. The van der Waals surface area contributed by atoms with Gasteiger partial charge in [0, 0.05) is 24.3 Å². The van der Waals surface area contributed by atoms with Crippen molar-refractivity contribution in [3.05, 3.63) is 53.1 Å². The Hall–Kier alpha value is -2.44. The molecule has 1 aliphatic rings. The van der Waals surface area contributed by atoms with E-state index in [1.54, 1.807) is 19.2 Å². The molecule has 6 nitrogen and oxygen atoms in total. The van der Waals surface area contributed by atoms with Crippen LogP contribution in [-0.2, 0) is 10.2 Å². The predicted octanol–water partition coefficient (Wildman–Crippen LogP) is 4.22. The Labute approximate surface area is 177 Å². The van der Waals surface area contributed by atoms with E-state index in [4.69, 9.17) is 31.5 Å². The summed E-state index contributed by atoms with van der Waals surface area (Å²) in [5.41, 5.74) is 8.05. The summed E-state index contributed by atoms with van der Waals surface area (Å²) in [4.78, 5) is 4.64. The van der Waals surface area contributed by atoms with Gasteiger partial charge in [0.1, 0.15) is 11.5 Å². The Morgan fingerprint density at radius 1 is 1.21 bits per heavy atom. The van der Waals surface area contributed by atoms with Crippen molar-refractivity contribution in [1.82, 2.24) is 0 Å².